The molecule has 1 fully saturated rings. The molecule has 3 heteroatoms. The molecule has 1 aromatic rings. The van der Waals surface area contributed by atoms with Gasteiger partial charge in [-0.2, -0.15) is 5.26 Å². The minimum Gasteiger partial charge on any atom is -0.284 e. The van der Waals surface area contributed by atoms with Crippen LogP contribution in [0.25, 0.3) is 0 Å². The van der Waals surface area contributed by atoms with Crippen molar-refractivity contribution in [3.05, 3.63) is 30.1 Å². The van der Waals surface area contributed by atoms with Crippen molar-refractivity contribution in [2.75, 3.05) is 13.1 Å². The first-order valence-electron chi connectivity index (χ1n) is 5.95. The van der Waals surface area contributed by atoms with Gasteiger partial charge in [0.15, 0.2) is 0 Å². The Balaban J connectivity index is 2.13. The smallest absolute Gasteiger partial charge is 0.125 e. The third-order valence-electron chi connectivity index (χ3n) is 3.13. The van der Waals surface area contributed by atoms with Crippen LogP contribution in [0.4, 0.5) is 0 Å². The molecule has 1 aliphatic heterocycles. The summed E-state index contributed by atoms with van der Waals surface area (Å²) < 4.78 is 0. The largest absolute Gasteiger partial charge is 0.284 e. The van der Waals surface area contributed by atoms with Crippen LogP contribution in [0.2, 0.25) is 0 Å². The summed E-state index contributed by atoms with van der Waals surface area (Å²) in [5.74, 6) is 0. The normalized spacial score (nSPS) is 19.7. The lowest BCUT2D eigenvalue weighted by atomic mass is 10.1. The molecular formula is C13H17N3. The second kappa shape index (κ2) is 5.62. The quantitative estimate of drug-likeness (QED) is 0.761. The highest BCUT2D eigenvalue weighted by molar-refractivity contribution is 5.20. The van der Waals surface area contributed by atoms with Crippen LogP contribution in [0.1, 0.15) is 37.3 Å². The Morgan fingerprint density at radius 2 is 2.00 bits per heavy atom. The number of rotatable bonds is 2. The topological polar surface area (TPSA) is 39.9 Å². The molecule has 1 atom stereocenters. The predicted molar refractivity (Wildman–Crippen MR) is 62.6 cm³/mol. The van der Waals surface area contributed by atoms with Crippen LogP contribution < -0.4 is 0 Å². The van der Waals surface area contributed by atoms with Crippen molar-refractivity contribution in [3.63, 3.8) is 0 Å². The standard InChI is InChI=1S/C13H17N3/c14-10-13(12-6-5-7-15-11-12)16-8-3-1-2-4-9-16/h5-7,11,13H,1-4,8-9H2. The van der Waals surface area contributed by atoms with Gasteiger partial charge in [-0.05, 0) is 32.0 Å². The van der Waals surface area contributed by atoms with Gasteiger partial charge in [0.2, 0.25) is 0 Å². The second-order valence-corrected chi connectivity index (χ2v) is 4.27. The van der Waals surface area contributed by atoms with E-state index in [9.17, 15) is 5.26 Å². The van der Waals surface area contributed by atoms with Crippen LogP contribution in [0.15, 0.2) is 24.5 Å². The summed E-state index contributed by atoms with van der Waals surface area (Å²) in [6, 6.07) is 6.18. The lowest BCUT2D eigenvalue weighted by molar-refractivity contribution is 0.245. The Morgan fingerprint density at radius 3 is 2.56 bits per heavy atom. The molecule has 1 saturated heterocycles. The van der Waals surface area contributed by atoms with E-state index in [-0.39, 0.29) is 6.04 Å². The van der Waals surface area contributed by atoms with E-state index in [1.165, 1.54) is 25.7 Å². The Bertz CT molecular complexity index is 347. The molecule has 0 radical (unpaired) electrons. The van der Waals surface area contributed by atoms with Gasteiger partial charge >= 0.3 is 0 Å². The fraction of sp³-hybridized carbons (Fsp3) is 0.538. The predicted octanol–water partition coefficient (Wildman–Crippen LogP) is 2.52. The minimum atomic E-state index is -0.119. The van der Waals surface area contributed by atoms with Gasteiger partial charge in [0.1, 0.15) is 6.04 Å². The molecule has 16 heavy (non-hydrogen) atoms. The first kappa shape index (κ1) is 11.1. The molecule has 0 N–H and O–H groups in total. The SMILES string of the molecule is N#CC(c1cccnc1)N1CCCCCC1. The van der Waals surface area contributed by atoms with E-state index in [4.69, 9.17) is 0 Å². The number of hydrogen-bond donors (Lipinski definition) is 0. The fourth-order valence-electron chi connectivity index (χ4n) is 2.26. The Labute approximate surface area is 96.7 Å². The summed E-state index contributed by atoms with van der Waals surface area (Å²) in [6.07, 6.45) is 8.55. The molecule has 0 aliphatic carbocycles. The van der Waals surface area contributed by atoms with Gasteiger partial charge < -0.3 is 0 Å². The maximum absolute atomic E-state index is 9.30. The summed E-state index contributed by atoms with van der Waals surface area (Å²) in [6.45, 7) is 2.07. The van der Waals surface area contributed by atoms with Crippen molar-refractivity contribution < 1.29 is 0 Å². The molecule has 1 aromatic heterocycles. The number of nitrogens with zero attached hydrogens (tertiary/aromatic N) is 3. The van der Waals surface area contributed by atoms with E-state index in [1.807, 2.05) is 12.1 Å². The summed E-state index contributed by atoms with van der Waals surface area (Å²) in [4.78, 5) is 6.38. The number of pyridine rings is 1. The number of hydrogen-bond acceptors (Lipinski definition) is 3. The lowest BCUT2D eigenvalue weighted by Crippen LogP contribution is -2.28. The molecule has 0 aromatic carbocycles. The van der Waals surface area contributed by atoms with Gasteiger partial charge in [-0.15, -0.1) is 0 Å². The number of aromatic nitrogens is 1. The van der Waals surface area contributed by atoms with E-state index in [0.29, 0.717) is 0 Å². The molecule has 2 rings (SSSR count). The molecule has 0 spiro atoms. The molecule has 0 saturated carbocycles. The van der Waals surface area contributed by atoms with Crippen molar-refractivity contribution >= 4 is 0 Å². The highest BCUT2D eigenvalue weighted by Gasteiger charge is 2.20. The van der Waals surface area contributed by atoms with Crippen LogP contribution in [-0.4, -0.2) is 23.0 Å². The van der Waals surface area contributed by atoms with Crippen LogP contribution in [0, 0.1) is 11.3 Å². The van der Waals surface area contributed by atoms with Crippen LogP contribution in [-0.2, 0) is 0 Å². The molecule has 3 nitrogen and oxygen atoms in total. The Morgan fingerprint density at radius 1 is 1.25 bits per heavy atom. The fourth-order valence-corrected chi connectivity index (χ4v) is 2.26. The van der Waals surface area contributed by atoms with Crippen molar-refractivity contribution in [3.8, 4) is 6.07 Å². The monoisotopic (exact) mass is 215 g/mol. The average Bonchev–Trinajstić information content (AvgIpc) is 2.61. The number of nitriles is 1. The third kappa shape index (κ3) is 2.59. The summed E-state index contributed by atoms with van der Waals surface area (Å²) in [5, 5.41) is 9.30. The maximum atomic E-state index is 9.30. The van der Waals surface area contributed by atoms with Crippen LogP contribution >= 0.6 is 0 Å². The van der Waals surface area contributed by atoms with E-state index >= 15 is 0 Å². The lowest BCUT2D eigenvalue weighted by Gasteiger charge is -2.25. The summed E-state index contributed by atoms with van der Waals surface area (Å²) >= 11 is 0. The van der Waals surface area contributed by atoms with Crippen LogP contribution in [0.5, 0.6) is 0 Å². The van der Waals surface area contributed by atoms with Crippen molar-refractivity contribution in [2.45, 2.75) is 31.7 Å². The Kier molecular flexibility index (Phi) is 3.90. The summed E-state index contributed by atoms with van der Waals surface area (Å²) in [7, 11) is 0. The van der Waals surface area contributed by atoms with Crippen molar-refractivity contribution in [2.24, 2.45) is 0 Å². The van der Waals surface area contributed by atoms with E-state index in [2.05, 4.69) is 16.0 Å². The van der Waals surface area contributed by atoms with E-state index in [0.717, 1.165) is 18.7 Å². The minimum absolute atomic E-state index is 0.119. The van der Waals surface area contributed by atoms with E-state index < -0.39 is 0 Å². The zero-order chi connectivity index (χ0) is 11.2. The second-order valence-electron chi connectivity index (χ2n) is 4.27. The highest BCUT2D eigenvalue weighted by atomic mass is 15.2. The van der Waals surface area contributed by atoms with Gasteiger partial charge in [0.25, 0.3) is 0 Å². The van der Waals surface area contributed by atoms with Gasteiger partial charge in [0, 0.05) is 18.0 Å². The zero-order valence-corrected chi connectivity index (χ0v) is 9.47. The van der Waals surface area contributed by atoms with Gasteiger partial charge in [-0.3, -0.25) is 9.88 Å². The van der Waals surface area contributed by atoms with Crippen molar-refractivity contribution in [1.29, 1.82) is 5.26 Å². The van der Waals surface area contributed by atoms with E-state index in [1.54, 1.807) is 12.4 Å². The molecule has 2 heterocycles. The first-order chi connectivity index (χ1) is 7.92. The molecule has 84 valence electrons. The van der Waals surface area contributed by atoms with Crippen LogP contribution in [0.3, 0.4) is 0 Å². The van der Waals surface area contributed by atoms with Gasteiger partial charge in [-0.1, -0.05) is 18.9 Å². The summed E-state index contributed by atoms with van der Waals surface area (Å²) in [5.41, 5.74) is 1.02. The highest BCUT2D eigenvalue weighted by Crippen LogP contribution is 2.22. The maximum Gasteiger partial charge on any atom is 0.125 e. The first-order valence-corrected chi connectivity index (χ1v) is 5.95. The molecule has 0 amide bonds. The molecule has 1 unspecified atom stereocenters. The molecule has 0 bridgehead atoms. The third-order valence-corrected chi connectivity index (χ3v) is 3.13. The molecular weight excluding hydrogens is 198 g/mol. The number of likely N-dealkylation sites (tertiary alicyclic amines) is 1. The molecule has 1 aliphatic rings. The average molecular weight is 215 g/mol. The zero-order valence-electron chi connectivity index (χ0n) is 9.47. The van der Waals surface area contributed by atoms with Gasteiger partial charge in [-0.25, -0.2) is 0 Å². The van der Waals surface area contributed by atoms with Gasteiger partial charge in [0.05, 0.1) is 6.07 Å². The Hall–Kier alpha value is -1.40. The van der Waals surface area contributed by atoms with Crippen molar-refractivity contribution in [1.82, 2.24) is 9.88 Å².